The molecule has 0 saturated carbocycles. The maximum Gasteiger partial charge on any atom is 0.244 e. The van der Waals surface area contributed by atoms with E-state index in [0.717, 1.165) is 5.82 Å². The molecule has 0 saturated heterocycles. The molecule has 1 amide bonds. The van der Waals surface area contributed by atoms with Crippen LogP contribution in [-0.2, 0) is 9.53 Å². The molecule has 1 aliphatic heterocycles. The second-order valence-electron chi connectivity index (χ2n) is 3.69. The van der Waals surface area contributed by atoms with Gasteiger partial charge in [0.25, 0.3) is 0 Å². The maximum atomic E-state index is 11.5. The third-order valence-electron chi connectivity index (χ3n) is 2.53. The molecule has 2 heterocycles. The summed E-state index contributed by atoms with van der Waals surface area (Å²) >= 11 is 0. The average Bonchev–Trinajstić information content (AvgIpc) is 2.35. The number of methoxy groups -OCH3 is 2. The van der Waals surface area contributed by atoms with E-state index in [0.29, 0.717) is 24.7 Å². The van der Waals surface area contributed by atoms with E-state index in [-0.39, 0.29) is 12.5 Å². The Balaban J connectivity index is 2.28. The molecule has 1 aromatic heterocycles. The first-order valence-electron chi connectivity index (χ1n) is 5.33. The van der Waals surface area contributed by atoms with E-state index in [4.69, 9.17) is 9.47 Å². The molecule has 0 aliphatic carbocycles. The average molecular weight is 237 g/mol. The van der Waals surface area contributed by atoms with E-state index in [1.165, 1.54) is 0 Å². The molecule has 1 aliphatic rings. The van der Waals surface area contributed by atoms with Crippen LogP contribution in [0.4, 0.5) is 11.5 Å². The van der Waals surface area contributed by atoms with Crippen LogP contribution >= 0.6 is 0 Å². The number of amides is 1. The quantitative estimate of drug-likeness (QED) is 0.826. The van der Waals surface area contributed by atoms with Crippen molar-refractivity contribution in [3.8, 4) is 5.88 Å². The minimum Gasteiger partial charge on any atom is -0.481 e. The van der Waals surface area contributed by atoms with Gasteiger partial charge in [-0.05, 0) is 6.07 Å². The highest BCUT2D eigenvalue weighted by atomic mass is 16.5. The highest BCUT2D eigenvalue weighted by Gasteiger charge is 2.23. The number of aromatic nitrogens is 1. The Morgan fingerprint density at radius 3 is 3.00 bits per heavy atom. The summed E-state index contributed by atoms with van der Waals surface area (Å²) in [7, 11) is 3.19. The van der Waals surface area contributed by atoms with Crippen LogP contribution < -0.4 is 15.0 Å². The molecular weight excluding hydrogens is 222 g/mol. The van der Waals surface area contributed by atoms with E-state index in [2.05, 4.69) is 10.3 Å². The molecule has 0 fully saturated rings. The molecule has 6 nitrogen and oxygen atoms in total. The maximum absolute atomic E-state index is 11.5. The Hall–Kier alpha value is -1.82. The van der Waals surface area contributed by atoms with E-state index in [1.807, 2.05) is 4.90 Å². The monoisotopic (exact) mass is 237 g/mol. The van der Waals surface area contributed by atoms with Crippen LogP contribution in [0.15, 0.2) is 12.1 Å². The van der Waals surface area contributed by atoms with Crippen molar-refractivity contribution in [1.82, 2.24) is 4.98 Å². The molecule has 17 heavy (non-hydrogen) atoms. The Labute approximate surface area is 99.5 Å². The lowest BCUT2D eigenvalue weighted by Crippen LogP contribution is -2.40. The molecule has 0 spiro atoms. The topological polar surface area (TPSA) is 63.7 Å². The SMILES string of the molecule is COCCN1CC(=O)Nc2ccc(OC)nc21. The molecule has 0 aromatic carbocycles. The number of carbonyl (C=O) groups is 1. The van der Waals surface area contributed by atoms with Crippen LogP contribution in [0, 0.1) is 0 Å². The minimum absolute atomic E-state index is 0.0411. The molecular formula is C11H15N3O3. The summed E-state index contributed by atoms with van der Waals surface area (Å²) in [5.41, 5.74) is 0.707. The van der Waals surface area contributed by atoms with E-state index in [9.17, 15) is 4.79 Å². The second kappa shape index (κ2) is 5.01. The summed E-state index contributed by atoms with van der Waals surface area (Å²) in [5.74, 6) is 1.21. The molecule has 0 bridgehead atoms. The number of fused-ring (bicyclic) bond motifs is 1. The van der Waals surface area contributed by atoms with Crippen molar-refractivity contribution >= 4 is 17.4 Å². The lowest BCUT2D eigenvalue weighted by Gasteiger charge is -2.29. The first kappa shape index (κ1) is 11.7. The zero-order valence-electron chi connectivity index (χ0n) is 9.90. The van der Waals surface area contributed by atoms with Crippen LogP contribution in [0.5, 0.6) is 5.88 Å². The number of nitrogens with one attached hydrogen (secondary N) is 1. The van der Waals surface area contributed by atoms with Crippen molar-refractivity contribution in [2.75, 3.05) is 44.1 Å². The fourth-order valence-corrected chi connectivity index (χ4v) is 1.71. The number of nitrogens with zero attached hydrogens (tertiary/aromatic N) is 2. The van der Waals surface area contributed by atoms with Crippen LogP contribution in [0.25, 0.3) is 0 Å². The largest absolute Gasteiger partial charge is 0.481 e. The Kier molecular flexibility index (Phi) is 3.43. The van der Waals surface area contributed by atoms with Gasteiger partial charge in [-0.1, -0.05) is 0 Å². The summed E-state index contributed by atoms with van der Waals surface area (Å²) in [6, 6.07) is 3.51. The molecule has 2 rings (SSSR count). The van der Waals surface area contributed by atoms with E-state index < -0.39 is 0 Å². The third-order valence-corrected chi connectivity index (χ3v) is 2.53. The van der Waals surface area contributed by atoms with Gasteiger partial charge < -0.3 is 19.7 Å². The van der Waals surface area contributed by atoms with Crippen LogP contribution in [0.3, 0.4) is 0 Å². The van der Waals surface area contributed by atoms with Gasteiger partial charge in [-0.15, -0.1) is 0 Å². The van der Waals surface area contributed by atoms with Crippen molar-refractivity contribution in [2.45, 2.75) is 0 Å². The number of carbonyl (C=O) groups excluding carboxylic acids is 1. The molecule has 0 radical (unpaired) electrons. The van der Waals surface area contributed by atoms with E-state index >= 15 is 0 Å². The summed E-state index contributed by atoms with van der Waals surface area (Å²) in [6.07, 6.45) is 0. The van der Waals surface area contributed by atoms with Crippen molar-refractivity contribution in [3.63, 3.8) is 0 Å². The lowest BCUT2D eigenvalue weighted by molar-refractivity contribution is -0.115. The normalized spacial score (nSPS) is 14.2. The third kappa shape index (κ3) is 2.47. The van der Waals surface area contributed by atoms with Gasteiger partial charge in [0.15, 0.2) is 5.82 Å². The predicted octanol–water partition coefficient (Wildman–Crippen LogP) is 0.495. The Morgan fingerprint density at radius 1 is 1.47 bits per heavy atom. The second-order valence-corrected chi connectivity index (χ2v) is 3.69. The van der Waals surface area contributed by atoms with Gasteiger partial charge in [0.1, 0.15) is 0 Å². The van der Waals surface area contributed by atoms with Crippen molar-refractivity contribution in [2.24, 2.45) is 0 Å². The zero-order valence-corrected chi connectivity index (χ0v) is 9.90. The zero-order chi connectivity index (χ0) is 12.3. The summed E-state index contributed by atoms with van der Waals surface area (Å²) in [6.45, 7) is 1.46. The Bertz CT molecular complexity index is 422. The highest BCUT2D eigenvalue weighted by molar-refractivity contribution is 6.00. The molecule has 92 valence electrons. The van der Waals surface area contributed by atoms with Gasteiger partial charge >= 0.3 is 0 Å². The smallest absolute Gasteiger partial charge is 0.244 e. The van der Waals surface area contributed by atoms with Crippen LogP contribution in [-0.4, -0.2) is 44.8 Å². The van der Waals surface area contributed by atoms with Gasteiger partial charge in [-0.2, -0.15) is 4.98 Å². The van der Waals surface area contributed by atoms with Gasteiger partial charge in [0.05, 0.1) is 25.9 Å². The predicted molar refractivity (Wildman–Crippen MR) is 63.5 cm³/mol. The number of pyridine rings is 1. The lowest BCUT2D eigenvalue weighted by atomic mass is 10.2. The van der Waals surface area contributed by atoms with Gasteiger partial charge in [-0.3, -0.25) is 4.79 Å². The van der Waals surface area contributed by atoms with Gasteiger partial charge in [-0.25, -0.2) is 0 Å². The van der Waals surface area contributed by atoms with Crippen LogP contribution in [0.1, 0.15) is 0 Å². The first-order chi connectivity index (χ1) is 8.24. The van der Waals surface area contributed by atoms with Gasteiger partial charge in [0, 0.05) is 19.7 Å². The first-order valence-corrected chi connectivity index (χ1v) is 5.33. The van der Waals surface area contributed by atoms with Gasteiger partial charge in [0.2, 0.25) is 11.8 Å². The summed E-state index contributed by atoms with van der Waals surface area (Å²) in [4.78, 5) is 17.7. The van der Waals surface area contributed by atoms with Crippen molar-refractivity contribution in [3.05, 3.63) is 12.1 Å². The molecule has 0 unspecified atom stereocenters. The summed E-state index contributed by atoms with van der Waals surface area (Å²) in [5, 5.41) is 2.78. The minimum atomic E-state index is -0.0411. The van der Waals surface area contributed by atoms with Crippen molar-refractivity contribution < 1.29 is 14.3 Å². The van der Waals surface area contributed by atoms with Crippen molar-refractivity contribution in [1.29, 1.82) is 0 Å². The van der Waals surface area contributed by atoms with Crippen LogP contribution in [0.2, 0.25) is 0 Å². The summed E-state index contributed by atoms with van der Waals surface area (Å²) < 4.78 is 10.1. The van der Waals surface area contributed by atoms with E-state index in [1.54, 1.807) is 26.4 Å². The number of rotatable bonds is 4. The molecule has 0 atom stereocenters. The fourth-order valence-electron chi connectivity index (χ4n) is 1.71. The molecule has 6 heteroatoms. The highest BCUT2D eigenvalue weighted by Crippen LogP contribution is 2.29. The number of anilines is 2. The number of hydrogen-bond donors (Lipinski definition) is 1. The standard InChI is InChI=1S/C11H15N3O3/c1-16-6-5-14-7-9(15)12-8-3-4-10(17-2)13-11(8)14/h3-4H,5-7H2,1-2H3,(H,12,15). The molecule has 1 aromatic rings. The fraction of sp³-hybridized carbons (Fsp3) is 0.455. The number of hydrogen-bond acceptors (Lipinski definition) is 5. The Morgan fingerprint density at radius 2 is 2.29 bits per heavy atom. The molecule has 1 N–H and O–H groups in total. The number of ether oxygens (including phenoxy) is 2.